The lowest BCUT2D eigenvalue weighted by Gasteiger charge is -2.28. The molecule has 0 aliphatic heterocycles. The summed E-state index contributed by atoms with van der Waals surface area (Å²) < 4.78 is 19.2. The van der Waals surface area contributed by atoms with E-state index in [2.05, 4.69) is 56.3 Å². The van der Waals surface area contributed by atoms with Crippen LogP contribution in [0.3, 0.4) is 0 Å². The van der Waals surface area contributed by atoms with E-state index < -0.39 is 11.0 Å². The summed E-state index contributed by atoms with van der Waals surface area (Å²) in [5.74, 6) is 1.24. The van der Waals surface area contributed by atoms with Gasteiger partial charge >= 0.3 is 0 Å². The molecule has 0 fully saturated rings. The van der Waals surface area contributed by atoms with Crippen LogP contribution in [0.25, 0.3) is 0 Å². The van der Waals surface area contributed by atoms with Crippen LogP contribution >= 0.6 is 0 Å². The number of nitrogens with two attached hydrogens (primary N) is 1. The van der Waals surface area contributed by atoms with Gasteiger partial charge in [0.05, 0.1) is 10.6 Å². The summed E-state index contributed by atoms with van der Waals surface area (Å²) in [4.78, 5) is 7.14. The molecule has 7 heteroatoms. The van der Waals surface area contributed by atoms with Crippen molar-refractivity contribution in [3.05, 3.63) is 64.9 Å². The van der Waals surface area contributed by atoms with Crippen LogP contribution < -0.4 is 9.88 Å². The molecule has 1 aromatic rings. The number of nitrogens with zero attached hydrogens (tertiary/aromatic N) is 3. The second-order valence-corrected chi connectivity index (χ2v) is 10.1. The summed E-state index contributed by atoms with van der Waals surface area (Å²) >= 11 is 0. The highest BCUT2D eigenvalue weighted by molar-refractivity contribution is 7.87. The molecule has 1 atom stereocenters. The van der Waals surface area contributed by atoms with Gasteiger partial charge in [-0.15, -0.1) is 0 Å². The minimum atomic E-state index is -1.74. The van der Waals surface area contributed by atoms with Crippen LogP contribution in [0.4, 0.5) is 0 Å². The van der Waals surface area contributed by atoms with Gasteiger partial charge < -0.3 is 19.4 Å². The van der Waals surface area contributed by atoms with Crippen molar-refractivity contribution in [1.29, 1.82) is 0 Å². The maximum Gasteiger partial charge on any atom is 0.163 e. The monoisotopic (exact) mass is 490 g/mol. The smallest absolute Gasteiger partial charge is 0.163 e. The third kappa shape index (κ3) is 11.5. The number of hydrogen-bond acceptors (Lipinski definition) is 5. The average Bonchev–Trinajstić information content (AvgIpc) is 2.80. The van der Waals surface area contributed by atoms with E-state index in [1.807, 2.05) is 43.3 Å². The maximum atomic E-state index is 12.8. The number of unbranched alkanes of at least 4 members (excludes halogenated alkanes) is 2. The summed E-state index contributed by atoms with van der Waals surface area (Å²) in [6.07, 6.45) is 6.20. The number of benzene rings is 1. The lowest BCUT2D eigenvalue weighted by molar-refractivity contribution is 0.299. The van der Waals surface area contributed by atoms with Gasteiger partial charge in [0.15, 0.2) is 5.76 Å². The van der Waals surface area contributed by atoms with Crippen LogP contribution in [0.1, 0.15) is 46.5 Å². The maximum absolute atomic E-state index is 12.8. The molecule has 2 N–H and O–H groups in total. The molecule has 0 aliphatic carbocycles. The molecule has 0 radical (unpaired) electrons. The van der Waals surface area contributed by atoms with E-state index in [1.165, 1.54) is 0 Å². The van der Waals surface area contributed by atoms with E-state index >= 15 is 0 Å². The van der Waals surface area contributed by atoms with Crippen molar-refractivity contribution >= 4 is 11.0 Å². The lowest BCUT2D eigenvalue weighted by atomic mass is 10.2. The fourth-order valence-corrected chi connectivity index (χ4v) is 4.10. The predicted molar refractivity (Wildman–Crippen MR) is 147 cm³/mol. The largest absolute Gasteiger partial charge is 0.454 e. The molecule has 1 unspecified atom stereocenters. The Balaban J connectivity index is 3.38. The Labute approximate surface area is 210 Å². The molecule has 0 spiro atoms. The van der Waals surface area contributed by atoms with E-state index in [9.17, 15) is 4.21 Å². The Morgan fingerprint density at radius 2 is 1.62 bits per heavy atom. The fourth-order valence-electron chi connectivity index (χ4n) is 3.44. The van der Waals surface area contributed by atoms with Crippen LogP contribution in [0.5, 0.6) is 5.75 Å². The standard InChI is InChI=1S/C27H46N4O2S/c1-8-10-17-31(18-11-9-2)24(4)27(33-25-15-13-12-14-16-25)26(34(28)32)21-23(3)22-30(7)20-19-29(5)6/h12-16,21H,3,8-11,17-20,22,28H2,1-2,4-7H3/b26-21+,27-24-. The molecule has 0 saturated heterocycles. The zero-order valence-electron chi connectivity index (χ0n) is 22.2. The molecular formula is C27H46N4O2S. The molecule has 0 amide bonds. The zero-order valence-corrected chi connectivity index (χ0v) is 23.0. The first-order valence-electron chi connectivity index (χ1n) is 12.3. The summed E-state index contributed by atoms with van der Waals surface area (Å²) in [6.45, 7) is 15.0. The lowest BCUT2D eigenvalue weighted by Crippen LogP contribution is -2.30. The van der Waals surface area contributed by atoms with Gasteiger partial charge in [-0.3, -0.25) is 0 Å². The topological polar surface area (TPSA) is 62.0 Å². The van der Waals surface area contributed by atoms with Gasteiger partial charge in [0.1, 0.15) is 16.7 Å². The molecule has 6 nitrogen and oxygen atoms in total. The first-order chi connectivity index (χ1) is 16.2. The van der Waals surface area contributed by atoms with E-state index in [0.29, 0.717) is 23.0 Å². The van der Waals surface area contributed by atoms with Crippen molar-refractivity contribution in [3.63, 3.8) is 0 Å². The van der Waals surface area contributed by atoms with E-state index in [-0.39, 0.29) is 0 Å². The molecule has 0 saturated carbocycles. The van der Waals surface area contributed by atoms with Gasteiger partial charge in [-0.05, 0) is 64.7 Å². The van der Waals surface area contributed by atoms with Gasteiger partial charge in [-0.1, -0.05) is 51.5 Å². The van der Waals surface area contributed by atoms with Crippen LogP contribution in [-0.4, -0.2) is 72.8 Å². The molecule has 1 aromatic carbocycles. The second-order valence-electron chi connectivity index (χ2n) is 9.03. The third-order valence-electron chi connectivity index (χ3n) is 5.51. The molecule has 0 aliphatic rings. The Morgan fingerprint density at radius 1 is 1.03 bits per heavy atom. The predicted octanol–water partition coefficient (Wildman–Crippen LogP) is 4.76. The molecule has 0 aromatic heterocycles. The van der Waals surface area contributed by atoms with Crippen molar-refractivity contribution in [1.82, 2.24) is 14.7 Å². The van der Waals surface area contributed by atoms with E-state index in [4.69, 9.17) is 9.88 Å². The van der Waals surface area contributed by atoms with E-state index in [0.717, 1.165) is 63.1 Å². The highest BCUT2D eigenvalue weighted by Gasteiger charge is 2.21. The number of hydrogen-bond donors (Lipinski definition) is 1. The van der Waals surface area contributed by atoms with Gasteiger partial charge in [-0.2, -0.15) is 0 Å². The molecular weight excluding hydrogens is 444 g/mol. The molecule has 0 heterocycles. The highest BCUT2D eigenvalue weighted by atomic mass is 32.2. The molecule has 34 heavy (non-hydrogen) atoms. The SMILES string of the molecule is C=C(/C=C(\C(Oc1ccccc1)=C(/C)N(CCCC)CCCC)S(N)=O)CN(C)CCN(C)C. The molecule has 192 valence electrons. The number of ether oxygens (including phenoxy) is 1. The molecule has 0 bridgehead atoms. The summed E-state index contributed by atoms with van der Waals surface area (Å²) in [6, 6.07) is 9.60. The Kier molecular flexibility index (Phi) is 14.7. The Bertz CT molecular complexity index is 813. The number of rotatable bonds is 17. The van der Waals surface area contributed by atoms with Crippen molar-refractivity contribution in [3.8, 4) is 5.75 Å². The number of likely N-dealkylation sites (N-methyl/N-ethyl adjacent to an activating group) is 2. The van der Waals surface area contributed by atoms with Gasteiger partial charge in [0, 0.05) is 32.7 Å². The van der Waals surface area contributed by atoms with Gasteiger partial charge in [-0.25, -0.2) is 9.35 Å². The normalized spacial score (nSPS) is 13.7. The van der Waals surface area contributed by atoms with Crippen LogP contribution in [0.15, 0.2) is 64.9 Å². The van der Waals surface area contributed by atoms with Crippen LogP contribution in [0.2, 0.25) is 0 Å². The Morgan fingerprint density at radius 3 is 2.12 bits per heavy atom. The van der Waals surface area contributed by atoms with Gasteiger partial charge in [0.25, 0.3) is 0 Å². The molecule has 1 rings (SSSR count). The van der Waals surface area contributed by atoms with Crippen molar-refractivity contribution in [2.24, 2.45) is 5.14 Å². The summed E-state index contributed by atoms with van der Waals surface area (Å²) in [5, 5.41) is 6.02. The first kappa shape index (κ1) is 30.1. The minimum Gasteiger partial charge on any atom is -0.454 e. The van der Waals surface area contributed by atoms with Crippen molar-refractivity contribution in [2.75, 3.05) is 53.9 Å². The second kappa shape index (κ2) is 16.7. The zero-order chi connectivity index (χ0) is 25.5. The fraction of sp³-hybridized carbons (Fsp3) is 0.556. The minimum absolute atomic E-state index is 0.463. The van der Waals surface area contributed by atoms with Gasteiger partial charge in [0.2, 0.25) is 0 Å². The number of allylic oxidation sites excluding steroid dienone is 1. The first-order valence-corrected chi connectivity index (χ1v) is 13.5. The van der Waals surface area contributed by atoms with E-state index in [1.54, 1.807) is 0 Å². The summed E-state index contributed by atoms with van der Waals surface area (Å²) in [5.41, 5.74) is 1.79. The van der Waals surface area contributed by atoms with Crippen molar-refractivity contribution < 1.29 is 8.95 Å². The summed E-state index contributed by atoms with van der Waals surface area (Å²) in [7, 11) is 4.43. The van der Waals surface area contributed by atoms with Crippen molar-refractivity contribution in [2.45, 2.75) is 46.5 Å². The highest BCUT2D eigenvalue weighted by Crippen LogP contribution is 2.26. The average molecular weight is 491 g/mol. The quantitative estimate of drug-likeness (QED) is 0.252. The number of para-hydroxylation sites is 1. The van der Waals surface area contributed by atoms with Crippen LogP contribution in [-0.2, 0) is 11.0 Å². The third-order valence-corrected chi connectivity index (χ3v) is 6.24. The van der Waals surface area contributed by atoms with Crippen LogP contribution in [0, 0.1) is 0 Å². The Hall–Kier alpha value is -1.93.